The Kier molecular flexibility index (Phi) is 5.80. The third kappa shape index (κ3) is 5.11. The third-order valence-corrected chi connectivity index (χ3v) is 3.43. The Labute approximate surface area is 146 Å². The van der Waals surface area contributed by atoms with E-state index in [-0.39, 0.29) is 23.0 Å². The largest absolute Gasteiger partial charge is 0.458 e. The lowest BCUT2D eigenvalue weighted by molar-refractivity contribution is -0.385. The van der Waals surface area contributed by atoms with Gasteiger partial charge in [-0.15, -0.1) is 0 Å². The molecule has 0 fully saturated rings. The molecule has 0 aromatic heterocycles. The molecule has 0 amide bonds. The molecule has 0 N–H and O–H groups in total. The first kappa shape index (κ1) is 18.1. The van der Waals surface area contributed by atoms with Crippen LogP contribution in [0.4, 0.5) is 11.4 Å². The number of halogens is 1. The van der Waals surface area contributed by atoms with Crippen LogP contribution >= 0.6 is 11.6 Å². The van der Waals surface area contributed by atoms with Gasteiger partial charge < -0.3 is 4.74 Å². The Bertz CT molecular complexity index is 848. The van der Waals surface area contributed by atoms with Gasteiger partial charge in [-0.1, -0.05) is 17.7 Å². The summed E-state index contributed by atoms with van der Waals surface area (Å²) in [5, 5.41) is 21.3. The molecule has 0 aliphatic carbocycles. The smallest absolute Gasteiger partial charge is 0.331 e. The van der Waals surface area contributed by atoms with Crippen molar-refractivity contribution in [1.29, 1.82) is 0 Å². The molecule has 0 unspecified atom stereocenters. The maximum atomic E-state index is 11.7. The number of nitro benzene ring substituents is 2. The van der Waals surface area contributed by atoms with Crippen LogP contribution in [0.2, 0.25) is 5.02 Å². The van der Waals surface area contributed by atoms with E-state index >= 15 is 0 Å². The molecule has 0 saturated heterocycles. The monoisotopic (exact) mass is 362 g/mol. The highest BCUT2D eigenvalue weighted by atomic mass is 35.5. The van der Waals surface area contributed by atoms with Crippen molar-refractivity contribution in [2.24, 2.45) is 0 Å². The summed E-state index contributed by atoms with van der Waals surface area (Å²) in [5.74, 6) is -0.657. The minimum Gasteiger partial charge on any atom is -0.458 e. The number of esters is 1. The highest BCUT2D eigenvalue weighted by Crippen LogP contribution is 2.25. The highest BCUT2D eigenvalue weighted by Gasteiger charge is 2.12. The number of benzene rings is 2. The van der Waals surface area contributed by atoms with Crippen molar-refractivity contribution in [2.45, 2.75) is 6.61 Å². The van der Waals surface area contributed by atoms with E-state index in [1.54, 1.807) is 0 Å². The Balaban J connectivity index is 1.95. The number of carbonyl (C=O) groups excluding carboxylic acids is 1. The van der Waals surface area contributed by atoms with Gasteiger partial charge in [-0.25, -0.2) is 4.79 Å². The summed E-state index contributed by atoms with van der Waals surface area (Å²) >= 11 is 5.70. The van der Waals surface area contributed by atoms with Gasteiger partial charge in [0.1, 0.15) is 11.6 Å². The van der Waals surface area contributed by atoms with E-state index in [1.807, 2.05) is 0 Å². The number of hydrogen-bond acceptors (Lipinski definition) is 6. The summed E-state index contributed by atoms with van der Waals surface area (Å²) in [6.45, 7) is -0.0536. The molecule has 2 rings (SSSR count). The molecule has 0 atom stereocenters. The van der Waals surface area contributed by atoms with Crippen LogP contribution < -0.4 is 0 Å². The molecule has 25 heavy (non-hydrogen) atoms. The van der Waals surface area contributed by atoms with Gasteiger partial charge in [-0.2, -0.15) is 0 Å². The average Bonchev–Trinajstić information content (AvgIpc) is 2.59. The SMILES string of the molecule is O=C(/C=C/c1ccc(Cl)c([N+](=O)[O-])c1)OCc1ccc([N+](=O)[O-])cc1. The first-order valence-corrected chi connectivity index (χ1v) is 7.27. The molecule has 0 aliphatic heterocycles. The Morgan fingerprint density at radius 1 is 1.08 bits per heavy atom. The second-order valence-electron chi connectivity index (χ2n) is 4.83. The van der Waals surface area contributed by atoms with Crippen molar-refractivity contribution in [3.63, 3.8) is 0 Å². The van der Waals surface area contributed by atoms with Crippen LogP contribution in [-0.2, 0) is 16.1 Å². The second kappa shape index (κ2) is 8.02. The van der Waals surface area contributed by atoms with Crippen LogP contribution in [0.1, 0.15) is 11.1 Å². The van der Waals surface area contributed by atoms with Crippen LogP contribution in [-0.4, -0.2) is 15.8 Å². The fourth-order valence-electron chi connectivity index (χ4n) is 1.85. The predicted molar refractivity (Wildman–Crippen MR) is 90.0 cm³/mol. The average molecular weight is 363 g/mol. The van der Waals surface area contributed by atoms with Crippen LogP contribution in [0.5, 0.6) is 0 Å². The van der Waals surface area contributed by atoms with E-state index in [9.17, 15) is 25.0 Å². The van der Waals surface area contributed by atoms with Crippen molar-refractivity contribution in [3.05, 3.63) is 84.9 Å². The molecule has 2 aromatic rings. The second-order valence-corrected chi connectivity index (χ2v) is 5.24. The van der Waals surface area contributed by atoms with Gasteiger partial charge in [-0.3, -0.25) is 20.2 Å². The van der Waals surface area contributed by atoms with Crippen LogP contribution in [0, 0.1) is 20.2 Å². The zero-order chi connectivity index (χ0) is 18.4. The molecule has 0 heterocycles. The molecule has 128 valence electrons. The summed E-state index contributed by atoms with van der Waals surface area (Å²) in [4.78, 5) is 31.9. The van der Waals surface area contributed by atoms with Crippen LogP contribution in [0.25, 0.3) is 6.08 Å². The number of ether oxygens (including phenoxy) is 1. The fraction of sp³-hybridized carbons (Fsp3) is 0.0625. The summed E-state index contributed by atoms with van der Waals surface area (Å²) in [6, 6.07) is 9.71. The molecule has 2 aromatic carbocycles. The highest BCUT2D eigenvalue weighted by molar-refractivity contribution is 6.32. The molecule has 8 nitrogen and oxygen atoms in total. The van der Waals surface area contributed by atoms with Gasteiger partial charge in [0.05, 0.1) is 9.85 Å². The maximum absolute atomic E-state index is 11.7. The third-order valence-electron chi connectivity index (χ3n) is 3.11. The van der Waals surface area contributed by atoms with E-state index in [4.69, 9.17) is 16.3 Å². The lowest BCUT2D eigenvalue weighted by Crippen LogP contribution is -2.01. The standard InChI is InChI=1S/C16H11ClN2O6/c17-14-7-3-11(9-15(14)19(23)24)4-8-16(20)25-10-12-1-5-13(6-2-12)18(21)22/h1-9H,10H2/b8-4+. The Morgan fingerprint density at radius 2 is 1.76 bits per heavy atom. The molecule has 0 saturated carbocycles. The van der Waals surface area contributed by atoms with Gasteiger partial charge >= 0.3 is 5.97 Å². The number of rotatable bonds is 6. The van der Waals surface area contributed by atoms with Gasteiger partial charge in [0.15, 0.2) is 0 Å². The minimum absolute atomic E-state index is 0.00268. The number of hydrogen-bond donors (Lipinski definition) is 0. The minimum atomic E-state index is -0.657. The first-order valence-electron chi connectivity index (χ1n) is 6.89. The maximum Gasteiger partial charge on any atom is 0.331 e. The van der Waals surface area contributed by atoms with E-state index in [0.29, 0.717) is 11.1 Å². The van der Waals surface area contributed by atoms with Crippen LogP contribution in [0.3, 0.4) is 0 Å². The van der Waals surface area contributed by atoms with Crippen LogP contribution in [0.15, 0.2) is 48.5 Å². The molecular formula is C16H11ClN2O6. The number of non-ortho nitro benzene ring substituents is 1. The quantitative estimate of drug-likeness (QED) is 0.333. The summed E-state index contributed by atoms with van der Waals surface area (Å²) < 4.78 is 5.00. The molecule has 0 spiro atoms. The molecular weight excluding hydrogens is 352 g/mol. The number of nitro groups is 2. The molecule has 0 aliphatic rings. The van der Waals surface area contributed by atoms with Gasteiger partial charge in [0.25, 0.3) is 11.4 Å². The van der Waals surface area contributed by atoms with E-state index in [1.165, 1.54) is 48.5 Å². The van der Waals surface area contributed by atoms with Crippen molar-refractivity contribution >= 4 is 35.0 Å². The van der Waals surface area contributed by atoms with E-state index in [2.05, 4.69) is 0 Å². The zero-order valence-corrected chi connectivity index (χ0v) is 13.4. The lowest BCUT2D eigenvalue weighted by atomic mass is 10.2. The van der Waals surface area contributed by atoms with Gasteiger partial charge in [-0.05, 0) is 35.4 Å². The fourth-order valence-corrected chi connectivity index (χ4v) is 2.04. The zero-order valence-electron chi connectivity index (χ0n) is 12.6. The van der Waals surface area contributed by atoms with Crippen molar-refractivity contribution in [1.82, 2.24) is 0 Å². The van der Waals surface area contributed by atoms with E-state index < -0.39 is 15.8 Å². The topological polar surface area (TPSA) is 113 Å². The Morgan fingerprint density at radius 3 is 2.36 bits per heavy atom. The van der Waals surface area contributed by atoms with Gasteiger partial charge in [0.2, 0.25) is 0 Å². The van der Waals surface area contributed by atoms with E-state index in [0.717, 1.165) is 6.08 Å². The summed E-state index contributed by atoms with van der Waals surface area (Å²) in [6.07, 6.45) is 2.49. The normalized spacial score (nSPS) is 10.6. The number of carbonyl (C=O) groups is 1. The predicted octanol–water partition coefficient (Wildman–Crippen LogP) is 3.91. The Hall–Kier alpha value is -3.26. The first-order chi connectivity index (χ1) is 11.9. The lowest BCUT2D eigenvalue weighted by Gasteiger charge is -2.02. The molecule has 0 bridgehead atoms. The van der Waals surface area contributed by atoms with Gasteiger partial charge in [0, 0.05) is 24.3 Å². The molecule has 9 heteroatoms. The molecule has 0 radical (unpaired) electrons. The summed E-state index contributed by atoms with van der Waals surface area (Å²) in [7, 11) is 0. The van der Waals surface area contributed by atoms with Crippen molar-refractivity contribution in [2.75, 3.05) is 0 Å². The number of nitrogens with zero attached hydrogens (tertiary/aromatic N) is 2. The van der Waals surface area contributed by atoms with Crippen molar-refractivity contribution < 1.29 is 19.4 Å². The van der Waals surface area contributed by atoms with Crippen molar-refractivity contribution in [3.8, 4) is 0 Å². The summed E-state index contributed by atoms with van der Waals surface area (Å²) in [5.41, 5.74) is 0.695.